The van der Waals surface area contributed by atoms with Crippen molar-refractivity contribution in [1.29, 1.82) is 0 Å². The number of aryl methyl sites for hydroxylation is 1. The predicted molar refractivity (Wildman–Crippen MR) is 37.2 cm³/mol. The van der Waals surface area contributed by atoms with Crippen molar-refractivity contribution in [3.63, 3.8) is 0 Å². The number of rotatable bonds is 1. The maximum Gasteiger partial charge on any atom is 0.170 e. The first-order valence-corrected chi connectivity index (χ1v) is 3.05. The number of carbonyl (C=O) groups excluding carboxylic acids is 1. The zero-order valence-corrected chi connectivity index (χ0v) is 6.09. The van der Waals surface area contributed by atoms with E-state index in [0.29, 0.717) is 17.0 Å². The topological polar surface area (TPSA) is 42.9 Å². The Morgan fingerprint density at radius 2 is 2.30 bits per heavy atom. The molecule has 10 heavy (non-hydrogen) atoms. The molecule has 0 bridgehead atoms. The van der Waals surface area contributed by atoms with Crippen molar-refractivity contribution in [2.45, 2.75) is 6.92 Å². The fourth-order valence-electron chi connectivity index (χ4n) is 0.559. The maximum atomic E-state index is 10.2. The minimum atomic E-state index is 0.245. The lowest BCUT2D eigenvalue weighted by Crippen LogP contribution is -1.92. The van der Waals surface area contributed by atoms with Gasteiger partial charge in [0.05, 0.1) is 10.7 Å². The van der Waals surface area contributed by atoms with Gasteiger partial charge in [0.1, 0.15) is 12.0 Å². The van der Waals surface area contributed by atoms with E-state index in [2.05, 4.69) is 9.97 Å². The van der Waals surface area contributed by atoms with Gasteiger partial charge in [0.25, 0.3) is 0 Å². The first-order valence-electron chi connectivity index (χ1n) is 2.68. The van der Waals surface area contributed by atoms with Gasteiger partial charge in [-0.15, -0.1) is 0 Å². The average molecular weight is 157 g/mol. The van der Waals surface area contributed by atoms with E-state index in [1.54, 1.807) is 6.92 Å². The van der Waals surface area contributed by atoms with E-state index >= 15 is 0 Å². The Morgan fingerprint density at radius 3 is 2.80 bits per heavy atom. The summed E-state index contributed by atoms with van der Waals surface area (Å²) < 4.78 is 0. The first kappa shape index (κ1) is 7.15. The standard InChI is InChI=1S/C6H5ClN2O/c1-4-6(7)5(2-10)9-3-8-4/h2-3H,1H3. The van der Waals surface area contributed by atoms with Crippen molar-refractivity contribution in [2.75, 3.05) is 0 Å². The van der Waals surface area contributed by atoms with Gasteiger partial charge in [0.15, 0.2) is 6.29 Å². The molecule has 0 radical (unpaired) electrons. The number of nitrogens with zero attached hydrogens (tertiary/aromatic N) is 2. The van der Waals surface area contributed by atoms with E-state index in [1.807, 2.05) is 0 Å². The lowest BCUT2D eigenvalue weighted by Gasteiger charge is -1.95. The zero-order chi connectivity index (χ0) is 7.56. The van der Waals surface area contributed by atoms with Gasteiger partial charge < -0.3 is 0 Å². The van der Waals surface area contributed by atoms with Crippen molar-refractivity contribution in [3.8, 4) is 0 Å². The normalized spacial score (nSPS) is 9.40. The molecular weight excluding hydrogens is 152 g/mol. The third kappa shape index (κ3) is 1.14. The van der Waals surface area contributed by atoms with Crippen LogP contribution < -0.4 is 0 Å². The third-order valence-electron chi connectivity index (χ3n) is 1.10. The Bertz CT molecular complexity index is 262. The van der Waals surface area contributed by atoms with Gasteiger partial charge in [0, 0.05) is 0 Å². The summed E-state index contributed by atoms with van der Waals surface area (Å²) >= 11 is 5.64. The van der Waals surface area contributed by atoms with Gasteiger partial charge in [-0.1, -0.05) is 11.6 Å². The molecule has 1 rings (SSSR count). The van der Waals surface area contributed by atoms with Crippen LogP contribution in [0.1, 0.15) is 16.2 Å². The summed E-state index contributed by atoms with van der Waals surface area (Å²) in [7, 11) is 0. The van der Waals surface area contributed by atoms with E-state index in [9.17, 15) is 4.79 Å². The highest BCUT2D eigenvalue weighted by Gasteiger charge is 2.02. The molecule has 0 fully saturated rings. The number of hydrogen-bond donors (Lipinski definition) is 0. The van der Waals surface area contributed by atoms with Crippen molar-refractivity contribution in [2.24, 2.45) is 0 Å². The quantitative estimate of drug-likeness (QED) is 0.575. The Hall–Kier alpha value is -0.960. The van der Waals surface area contributed by atoms with Gasteiger partial charge in [-0.3, -0.25) is 4.79 Å². The SMILES string of the molecule is Cc1ncnc(C=O)c1Cl. The fraction of sp³-hybridized carbons (Fsp3) is 0.167. The molecule has 0 saturated heterocycles. The average Bonchev–Trinajstić information content (AvgIpc) is 1.95. The Balaban J connectivity index is 3.27. The number of hydrogen-bond acceptors (Lipinski definition) is 3. The highest BCUT2D eigenvalue weighted by molar-refractivity contribution is 6.33. The molecule has 0 aromatic carbocycles. The molecule has 0 saturated carbocycles. The van der Waals surface area contributed by atoms with Crippen LogP contribution in [0.4, 0.5) is 0 Å². The lowest BCUT2D eigenvalue weighted by molar-refractivity contribution is 0.111. The molecule has 0 unspecified atom stereocenters. The number of carbonyl (C=O) groups is 1. The summed E-state index contributed by atoms with van der Waals surface area (Å²) in [6.45, 7) is 1.72. The highest BCUT2D eigenvalue weighted by Crippen LogP contribution is 2.13. The summed E-state index contributed by atoms with van der Waals surface area (Å²) in [6.07, 6.45) is 1.92. The zero-order valence-electron chi connectivity index (χ0n) is 5.34. The second-order valence-electron chi connectivity index (χ2n) is 1.78. The Morgan fingerprint density at radius 1 is 1.60 bits per heavy atom. The maximum absolute atomic E-state index is 10.2. The van der Waals surface area contributed by atoms with Crippen LogP contribution in [0.5, 0.6) is 0 Å². The molecule has 0 spiro atoms. The molecule has 4 heteroatoms. The van der Waals surface area contributed by atoms with E-state index in [-0.39, 0.29) is 5.69 Å². The summed E-state index contributed by atoms with van der Waals surface area (Å²) in [6, 6.07) is 0. The largest absolute Gasteiger partial charge is 0.296 e. The van der Waals surface area contributed by atoms with Gasteiger partial charge in [-0.25, -0.2) is 9.97 Å². The van der Waals surface area contributed by atoms with Crippen molar-refractivity contribution >= 4 is 17.9 Å². The van der Waals surface area contributed by atoms with Crippen LogP contribution in [0.25, 0.3) is 0 Å². The first-order chi connectivity index (χ1) is 4.75. The number of aromatic nitrogens is 2. The van der Waals surface area contributed by atoms with Crippen molar-refractivity contribution in [1.82, 2.24) is 9.97 Å². The van der Waals surface area contributed by atoms with Gasteiger partial charge in [-0.05, 0) is 6.92 Å². The minimum Gasteiger partial charge on any atom is -0.296 e. The minimum absolute atomic E-state index is 0.245. The molecule has 0 aliphatic rings. The van der Waals surface area contributed by atoms with Gasteiger partial charge in [0.2, 0.25) is 0 Å². The van der Waals surface area contributed by atoms with Crippen LogP contribution in [0.2, 0.25) is 5.02 Å². The Kier molecular flexibility index (Phi) is 1.97. The van der Waals surface area contributed by atoms with Crippen LogP contribution in [0, 0.1) is 6.92 Å². The van der Waals surface area contributed by atoms with Crippen LogP contribution >= 0.6 is 11.6 Å². The molecule has 0 amide bonds. The number of halogens is 1. The van der Waals surface area contributed by atoms with Crippen LogP contribution in [0.15, 0.2) is 6.33 Å². The summed E-state index contributed by atoms with van der Waals surface area (Å²) in [4.78, 5) is 17.6. The molecule has 1 aromatic rings. The second kappa shape index (κ2) is 2.75. The molecule has 3 nitrogen and oxygen atoms in total. The van der Waals surface area contributed by atoms with E-state index in [0.717, 1.165) is 0 Å². The number of aldehydes is 1. The lowest BCUT2D eigenvalue weighted by atomic mass is 10.3. The molecule has 0 atom stereocenters. The third-order valence-corrected chi connectivity index (χ3v) is 1.57. The van der Waals surface area contributed by atoms with E-state index in [1.165, 1.54) is 6.33 Å². The van der Waals surface area contributed by atoms with E-state index < -0.39 is 0 Å². The van der Waals surface area contributed by atoms with Crippen LogP contribution in [-0.4, -0.2) is 16.3 Å². The molecule has 52 valence electrons. The van der Waals surface area contributed by atoms with Crippen molar-refractivity contribution < 1.29 is 4.79 Å². The van der Waals surface area contributed by atoms with Gasteiger partial charge >= 0.3 is 0 Å². The molecule has 1 heterocycles. The molecule has 1 aromatic heterocycles. The molecular formula is C6H5ClN2O. The predicted octanol–water partition coefficient (Wildman–Crippen LogP) is 1.25. The van der Waals surface area contributed by atoms with Crippen LogP contribution in [-0.2, 0) is 0 Å². The van der Waals surface area contributed by atoms with Crippen LogP contribution in [0.3, 0.4) is 0 Å². The molecule has 0 N–H and O–H groups in total. The van der Waals surface area contributed by atoms with Crippen molar-refractivity contribution in [3.05, 3.63) is 22.7 Å². The Labute approximate surface area is 63.1 Å². The van der Waals surface area contributed by atoms with E-state index in [4.69, 9.17) is 11.6 Å². The second-order valence-corrected chi connectivity index (χ2v) is 2.15. The summed E-state index contributed by atoms with van der Waals surface area (Å²) in [5.74, 6) is 0. The monoisotopic (exact) mass is 156 g/mol. The smallest absolute Gasteiger partial charge is 0.170 e. The fourth-order valence-corrected chi connectivity index (χ4v) is 0.701. The molecule has 0 aliphatic heterocycles. The summed E-state index contributed by atoms with van der Waals surface area (Å²) in [5.41, 5.74) is 0.868. The highest BCUT2D eigenvalue weighted by atomic mass is 35.5. The van der Waals surface area contributed by atoms with Gasteiger partial charge in [-0.2, -0.15) is 0 Å². The molecule has 0 aliphatic carbocycles. The summed E-state index contributed by atoms with van der Waals surface area (Å²) in [5, 5.41) is 0.331.